The first-order valence-electron chi connectivity index (χ1n) is 8.65. The molecule has 4 rings (SSSR count). The summed E-state index contributed by atoms with van der Waals surface area (Å²) in [7, 11) is 3.73. The SMILES string of the molecule is CN=C(NCc1cc(Cl)c(Cl)n1C)NC1C2CCOC2C12CCC2.I. The summed E-state index contributed by atoms with van der Waals surface area (Å²) >= 11 is 12.2. The average molecular weight is 499 g/mol. The number of ether oxygens (including phenoxy) is 1. The van der Waals surface area contributed by atoms with Crippen LogP contribution in [0, 0.1) is 11.3 Å². The van der Waals surface area contributed by atoms with E-state index >= 15 is 0 Å². The van der Waals surface area contributed by atoms with Crippen LogP contribution in [-0.4, -0.2) is 36.3 Å². The molecule has 140 valence electrons. The Morgan fingerprint density at radius 2 is 2.20 bits per heavy atom. The molecule has 3 atom stereocenters. The van der Waals surface area contributed by atoms with Crippen LogP contribution >= 0.6 is 47.2 Å². The molecule has 3 fully saturated rings. The van der Waals surface area contributed by atoms with Gasteiger partial charge in [-0.05, 0) is 25.3 Å². The van der Waals surface area contributed by atoms with Crippen LogP contribution in [0.5, 0.6) is 0 Å². The van der Waals surface area contributed by atoms with Crippen molar-refractivity contribution in [3.05, 3.63) is 21.9 Å². The van der Waals surface area contributed by atoms with Crippen LogP contribution in [0.2, 0.25) is 10.2 Å². The minimum absolute atomic E-state index is 0. The summed E-state index contributed by atoms with van der Waals surface area (Å²) in [6, 6.07) is 2.37. The number of nitrogens with one attached hydrogen (secondary N) is 2. The lowest BCUT2D eigenvalue weighted by Crippen LogP contribution is -2.72. The molecular weight excluding hydrogens is 474 g/mol. The zero-order valence-corrected chi connectivity index (χ0v) is 18.4. The number of hydrogen-bond acceptors (Lipinski definition) is 2. The smallest absolute Gasteiger partial charge is 0.191 e. The van der Waals surface area contributed by atoms with Gasteiger partial charge in [0.05, 0.1) is 17.7 Å². The maximum Gasteiger partial charge on any atom is 0.191 e. The van der Waals surface area contributed by atoms with E-state index in [4.69, 9.17) is 27.9 Å². The lowest BCUT2D eigenvalue weighted by Gasteiger charge is -2.63. The Hall–Kier alpha value is -0.180. The molecule has 1 aromatic heterocycles. The van der Waals surface area contributed by atoms with E-state index in [2.05, 4.69) is 15.6 Å². The number of guanidine groups is 1. The summed E-state index contributed by atoms with van der Waals surface area (Å²) in [6.45, 7) is 1.54. The first-order valence-corrected chi connectivity index (χ1v) is 9.41. The van der Waals surface area contributed by atoms with Gasteiger partial charge in [-0.1, -0.05) is 29.6 Å². The largest absolute Gasteiger partial charge is 0.377 e. The van der Waals surface area contributed by atoms with E-state index in [9.17, 15) is 0 Å². The fraction of sp³-hybridized carbons (Fsp3) is 0.706. The number of halogens is 3. The molecule has 1 aliphatic heterocycles. The Morgan fingerprint density at radius 1 is 1.44 bits per heavy atom. The second-order valence-electron chi connectivity index (χ2n) is 7.21. The van der Waals surface area contributed by atoms with E-state index in [1.165, 1.54) is 19.3 Å². The van der Waals surface area contributed by atoms with Crippen molar-refractivity contribution in [2.75, 3.05) is 13.7 Å². The Morgan fingerprint density at radius 3 is 2.76 bits per heavy atom. The topological polar surface area (TPSA) is 50.6 Å². The van der Waals surface area contributed by atoms with Gasteiger partial charge in [-0.25, -0.2) is 0 Å². The highest BCUT2D eigenvalue weighted by Crippen LogP contribution is 2.62. The van der Waals surface area contributed by atoms with Crippen molar-refractivity contribution in [1.29, 1.82) is 0 Å². The first-order chi connectivity index (χ1) is 11.6. The van der Waals surface area contributed by atoms with Crippen molar-refractivity contribution in [2.45, 2.75) is 44.4 Å². The normalized spacial score (nSPS) is 29.4. The lowest BCUT2D eigenvalue weighted by molar-refractivity contribution is -0.171. The molecule has 1 aromatic rings. The number of fused-ring (bicyclic) bond motifs is 2. The summed E-state index contributed by atoms with van der Waals surface area (Å²) in [6.07, 6.45) is 5.48. The third kappa shape index (κ3) is 3.07. The molecule has 0 bridgehead atoms. The van der Waals surface area contributed by atoms with Crippen LogP contribution < -0.4 is 10.6 Å². The predicted octanol–water partition coefficient (Wildman–Crippen LogP) is 3.57. The zero-order valence-electron chi connectivity index (χ0n) is 14.5. The molecule has 25 heavy (non-hydrogen) atoms. The molecule has 0 radical (unpaired) electrons. The number of nitrogens with zero attached hydrogens (tertiary/aromatic N) is 2. The van der Waals surface area contributed by atoms with Crippen molar-refractivity contribution in [3.8, 4) is 0 Å². The molecule has 8 heteroatoms. The van der Waals surface area contributed by atoms with Crippen molar-refractivity contribution < 1.29 is 4.74 Å². The van der Waals surface area contributed by atoms with Gasteiger partial charge < -0.3 is 19.9 Å². The number of aliphatic imine (C=N–C) groups is 1. The van der Waals surface area contributed by atoms with Crippen LogP contribution in [0.4, 0.5) is 0 Å². The molecule has 1 saturated heterocycles. The number of hydrogen-bond donors (Lipinski definition) is 2. The summed E-state index contributed by atoms with van der Waals surface area (Å²) in [5, 5.41) is 8.20. The van der Waals surface area contributed by atoms with Gasteiger partial charge in [0.1, 0.15) is 5.15 Å². The van der Waals surface area contributed by atoms with Gasteiger partial charge in [-0.15, -0.1) is 24.0 Å². The van der Waals surface area contributed by atoms with E-state index in [0.717, 1.165) is 24.7 Å². The predicted molar refractivity (Wildman–Crippen MR) is 112 cm³/mol. The average Bonchev–Trinajstić information content (AvgIpc) is 3.04. The molecule has 3 unspecified atom stereocenters. The molecule has 2 heterocycles. The Labute approximate surface area is 175 Å². The van der Waals surface area contributed by atoms with E-state index in [1.54, 1.807) is 0 Å². The molecule has 0 amide bonds. The Balaban J connectivity index is 0.00000182. The monoisotopic (exact) mass is 498 g/mol. The van der Waals surface area contributed by atoms with E-state index in [0.29, 0.717) is 40.2 Å². The van der Waals surface area contributed by atoms with Crippen molar-refractivity contribution in [2.24, 2.45) is 23.4 Å². The minimum atomic E-state index is 0. The van der Waals surface area contributed by atoms with Crippen LogP contribution in [0.15, 0.2) is 11.1 Å². The molecular formula is C17H25Cl2IN4O. The Kier molecular flexibility index (Phi) is 5.83. The maximum absolute atomic E-state index is 6.13. The highest BCUT2D eigenvalue weighted by Gasteiger charge is 2.66. The number of aromatic nitrogens is 1. The summed E-state index contributed by atoms with van der Waals surface area (Å²) in [5.74, 6) is 1.47. The fourth-order valence-electron chi connectivity index (χ4n) is 4.73. The highest BCUT2D eigenvalue weighted by molar-refractivity contribution is 14.0. The third-order valence-electron chi connectivity index (χ3n) is 6.20. The zero-order chi connectivity index (χ0) is 16.9. The molecule has 3 aliphatic rings. The molecule has 5 nitrogen and oxygen atoms in total. The van der Waals surface area contributed by atoms with Crippen molar-refractivity contribution in [3.63, 3.8) is 0 Å². The van der Waals surface area contributed by atoms with Crippen LogP contribution in [0.3, 0.4) is 0 Å². The summed E-state index contributed by atoms with van der Waals surface area (Å²) in [4.78, 5) is 4.40. The van der Waals surface area contributed by atoms with Gasteiger partial charge in [0.15, 0.2) is 5.96 Å². The second-order valence-corrected chi connectivity index (χ2v) is 7.98. The summed E-state index contributed by atoms with van der Waals surface area (Å²) < 4.78 is 7.87. The van der Waals surface area contributed by atoms with Gasteiger partial charge in [0, 0.05) is 43.8 Å². The van der Waals surface area contributed by atoms with Crippen LogP contribution in [0.1, 0.15) is 31.4 Å². The summed E-state index contributed by atoms with van der Waals surface area (Å²) in [5.41, 5.74) is 1.37. The molecule has 2 N–H and O–H groups in total. The number of rotatable bonds is 3. The van der Waals surface area contributed by atoms with E-state index in [1.807, 2.05) is 24.7 Å². The van der Waals surface area contributed by atoms with Gasteiger partial charge in [0.2, 0.25) is 0 Å². The van der Waals surface area contributed by atoms with Crippen molar-refractivity contribution >= 4 is 53.1 Å². The highest BCUT2D eigenvalue weighted by atomic mass is 127. The lowest BCUT2D eigenvalue weighted by atomic mass is 9.46. The van der Waals surface area contributed by atoms with E-state index < -0.39 is 0 Å². The standard InChI is InChI=1S/C17H24Cl2N4O.HI/c1-20-16(21-9-10-8-12(18)15(19)23(10)2)22-13-11-4-7-24-14(11)17(13)5-3-6-17;/h8,11,13-14H,3-7,9H2,1-2H3,(H2,20,21,22);1H. The molecule has 0 aromatic carbocycles. The molecule has 2 saturated carbocycles. The molecule has 1 spiro atoms. The molecule has 2 aliphatic carbocycles. The first kappa shape index (κ1) is 19.6. The van der Waals surface area contributed by atoms with Gasteiger partial charge in [-0.3, -0.25) is 4.99 Å². The quantitative estimate of drug-likeness (QED) is 0.380. The maximum atomic E-state index is 6.13. The van der Waals surface area contributed by atoms with Crippen molar-refractivity contribution in [1.82, 2.24) is 15.2 Å². The van der Waals surface area contributed by atoms with E-state index in [-0.39, 0.29) is 24.0 Å². The second kappa shape index (κ2) is 7.44. The fourth-order valence-corrected chi connectivity index (χ4v) is 5.15. The van der Waals surface area contributed by atoms with Gasteiger partial charge >= 0.3 is 0 Å². The van der Waals surface area contributed by atoms with Crippen LogP contribution in [-0.2, 0) is 18.3 Å². The Bertz CT molecular complexity index is 674. The van der Waals surface area contributed by atoms with Gasteiger partial charge in [0.25, 0.3) is 0 Å². The van der Waals surface area contributed by atoms with Crippen LogP contribution in [0.25, 0.3) is 0 Å². The minimum Gasteiger partial charge on any atom is -0.377 e. The van der Waals surface area contributed by atoms with Gasteiger partial charge in [-0.2, -0.15) is 0 Å². The third-order valence-corrected chi connectivity index (χ3v) is 7.05.